The molecule has 0 aliphatic heterocycles. The Morgan fingerprint density at radius 1 is 1.10 bits per heavy atom. The van der Waals surface area contributed by atoms with Crippen molar-refractivity contribution < 1.29 is 15.0 Å². The van der Waals surface area contributed by atoms with E-state index in [2.05, 4.69) is 6.92 Å². The highest BCUT2D eigenvalue weighted by atomic mass is 16.4. The first kappa shape index (κ1) is 15.2. The van der Waals surface area contributed by atoms with Gasteiger partial charge in [0.25, 0.3) is 0 Å². The monoisotopic (exact) mass is 287 g/mol. The molecule has 0 radical (unpaired) electrons. The third kappa shape index (κ3) is 3.88. The Balaban J connectivity index is 2.20. The first-order chi connectivity index (χ1) is 10.1. The van der Waals surface area contributed by atoms with E-state index >= 15 is 0 Å². The van der Waals surface area contributed by atoms with Crippen LogP contribution >= 0.6 is 0 Å². The Morgan fingerprint density at radius 3 is 2.43 bits per heavy atom. The molecule has 0 saturated carbocycles. The van der Waals surface area contributed by atoms with Crippen LogP contribution in [0.5, 0.6) is 5.75 Å². The topological polar surface area (TPSA) is 62.5 Å². The Labute approximate surface area is 124 Å². The summed E-state index contributed by atoms with van der Waals surface area (Å²) in [7, 11) is 0. The molecular weight excluding hydrogens is 266 g/mol. The Kier molecular flexibility index (Phi) is 5.04. The summed E-state index contributed by atoms with van der Waals surface area (Å²) in [5.74, 6) is -0.702. The van der Waals surface area contributed by atoms with Crippen LogP contribution in [0.25, 0.3) is 11.1 Å². The standard InChI is InChI=1S/C17H21NO3/c1-2-3-4-5-10-18-12-14(11-16(18)17(20)21)13-6-8-15(19)9-7-13/h6-9,11-12,19H,2-5,10H2,1H3,(H,20,21). The highest BCUT2D eigenvalue weighted by Gasteiger charge is 2.13. The fourth-order valence-corrected chi connectivity index (χ4v) is 2.40. The first-order valence-electron chi connectivity index (χ1n) is 7.34. The van der Waals surface area contributed by atoms with Crippen LogP contribution in [0.1, 0.15) is 43.1 Å². The quantitative estimate of drug-likeness (QED) is 0.752. The number of phenols is 1. The average Bonchev–Trinajstić information content (AvgIpc) is 2.89. The largest absolute Gasteiger partial charge is 0.508 e. The van der Waals surface area contributed by atoms with E-state index in [-0.39, 0.29) is 5.75 Å². The van der Waals surface area contributed by atoms with Crippen LogP contribution in [0.4, 0.5) is 0 Å². The van der Waals surface area contributed by atoms with Crippen molar-refractivity contribution in [1.29, 1.82) is 0 Å². The van der Waals surface area contributed by atoms with Gasteiger partial charge in [-0.25, -0.2) is 4.79 Å². The number of nitrogens with zero attached hydrogens (tertiary/aromatic N) is 1. The highest BCUT2D eigenvalue weighted by molar-refractivity contribution is 5.88. The molecule has 0 saturated heterocycles. The van der Waals surface area contributed by atoms with Gasteiger partial charge in [0.15, 0.2) is 0 Å². The van der Waals surface area contributed by atoms with Crippen molar-refractivity contribution in [2.24, 2.45) is 0 Å². The van der Waals surface area contributed by atoms with E-state index in [0.29, 0.717) is 5.69 Å². The lowest BCUT2D eigenvalue weighted by Crippen LogP contribution is -2.07. The van der Waals surface area contributed by atoms with Gasteiger partial charge in [0.2, 0.25) is 0 Å². The molecule has 0 atom stereocenters. The maximum absolute atomic E-state index is 11.3. The Bertz CT molecular complexity index is 599. The molecule has 0 aliphatic carbocycles. The molecular formula is C17H21NO3. The summed E-state index contributed by atoms with van der Waals surface area (Å²) < 4.78 is 1.81. The number of carboxylic acids is 1. The van der Waals surface area contributed by atoms with Crippen molar-refractivity contribution >= 4 is 5.97 Å². The number of carboxylic acid groups (broad SMARTS) is 1. The molecule has 0 amide bonds. The molecule has 0 aliphatic rings. The minimum atomic E-state index is -0.907. The lowest BCUT2D eigenvalue weighted by Gasteiger charge is -2.05. The number of carbonyl (C=O) groups is 1. The van der Waals surface area contributed by atoms with Gasteiger partial charge >= 0.3 is 5.97 Å². The molecule has 4 heteroatoms. The molecule has 112 valence electrons. The summed E-state index contributed by atoms with van der Waals surface area (Å²) in [5, 5.41) is 18.6. The van der Waals surface area contributed by atoms with Gasteiger partial charge in [0.05, 0.1) is 0 Å². The van der Waals surface area contributed by atoms with Gasteiger partial charge in [0.1, 0.15) is 11.4 Å². The van der Waals surface area contributed by atoms with E-state index in [0.717, 1.165) is 36.9 Å². The number of aromatic nitrogens is 1. The van der Waals surface area contributed by atoms with Gasteiger partial charge in [-0.1, -0.05) is 38.3 Å². The molecule has 0 fully saturated rings. The molecule has 21 heavy (non-hydrogen) atoms. The number of hydrogen-bond acceptors (Lipinski definition) is 2. The second-order valence-electron chi connectivity index (χ2n) is 5.22. The van der Waals surface area contributed by atoms with Crippen LogP contribution < -0.4 is 0 Å². The summed E-state index contributed by atoms with van der Waals surface area (Å²) in [6.07, 6.45) is 6.31. The van der Waals surface area contributed by atoms with Crippen LogP contribution in [-0.2, 0) is 6.54 Å². The predicted molar refractivity (Wildman–Crippen MR) is 82.6 cm³/mol. The number of phenolic OH excluding ortho intramolecular Hbond substituents is 1. The van der Waals surface area contributed by atoms with Gasteiger partial charge in [0, 0.05) is 18.3 Å². The van der Waals surface area contributed by atoms with Gasteiger partial charge < -0.3 is 14.8 Å². The lowest BCUT2D eigenvalue weighted by molar-refractivity contribution is 0.0685. The lowest BCUT2D eigenvalue weighted by atomic mass is 10.1. The molecule has 1 aromatic carbocycles. The number of aromatic carboxylic acids is 1. The molecule has 2 N–H and O–H groups in total. The number of benzene rings is 1. The molecule has 2 aromatic rings. The van der Waals surface area contributed by atoms with Gasteiger partial charge in [-0.3, -0.25) is 0 Å². The zero-order valence-corrected chi connectivity index (χ0v) is 12.2. The smallest absolute Gasteiger partial charge is 0.352 e. The molecule has 2 rings (SSSR count). The maximum Gasteiger partial charge on any atom is 0.352 e. The summed E-state index contributed by atoms with van der Waals surface area (Å²) in [4.78, 5) is 11.3. The second kappa shape index (κ2) is 6.97. The van der Waals surface area contributed by atoms with Crippen LogP contribution in [0.2, 0.25) is 0 Å². The number of unbranched alkanes of at least 4 members (excludes halogenated alkanes) is 3. The number of rotatable bonds is 7. The van der Waals surface area contributed by atoms with Crippen molar-refractivity contribution in [2.45, 2.75) is 39.2 Å². The van der Waals surface area contributed by atoms with E-state index in [1.54, 1.807) is 34.9 Å². The Morgan fingerprint density at radius 2 is 1.81 bits per heavy atom. The molecule has 0 spiro atoms. The molecule has 1 aromatic heterocycles. The molecule has 0 bridgehead atoms. The molecule has 4 nitrogen and oxygen atoms in total. The summed E-state index contributed by atoms with van der Waals surface area (Å²) >= 11 is 0. The Hall–Kier alpha value is -2.23. The van der Waals surface area contributed by atoms with Gasteiger partial charge in [-0.2, -0.15) is 0 Å². The molecule has 0 unspecified atom stereocenters. The third-order valence-electron chi connectivity index (χ3n) is 3.57. The fraction of sp³-hybridized carbons (Fsp3) is 0.353. The zero-order valence-electron chi connectivity index (χ0n) is 12.2. The average molecular weight is 287 g/mol. The predicted octanol–water partition coefficient (Wildman–Crippen LogP) is 4.14. The summed E-state index contributed by atoms with van der Waals surface area (Å²) in [5.41, 5.74) is 2.08. The number of hydrogen-bond donors (Lipinski definition) is 2. The number of aromatic hydroxyl groups is 1. The zero-order chi connectivity index (χ0) is 15.2. The van der Waals surface area contributed by atoms with Crippen molar-refractivity contribution in [3.8, 4) is 16.9 Å². The van der Waals surface area contributed by atoms with Crippen molar-refractivity contribution in [3.63, 3.8) is 0 Å². The van der Waals surface area contributed by atoms with E-state index in [4.69, 9.17) is 0 Å². The van der Waals surface area contributed by atoms with Crippen molar-refractivity contribution in [3.05, 3.63) is 42.2 Å². The van der Waals surface area contributed by atoms with Gasteiger partial charge in [-0.15, -0.1) is 0 Å². The number of aryl methyl sites for hydroxylation is 1. The highest BCUT2D eigenvalue weighted by Crippen LogP contribution is 2.24. The van der Waals surface area contributed by atoms with Crippen LogP contribution in [-0.4, -0.2) is 20.7 Å². The SMILES string of the molecule is CCCCCCn1cc(-c2ccc(O)cc2)cc1C(=O)O. The molecule has 1 heterocycles. The van der Waals surface area contributed by atoms with E-state index in [9.17, 15) is 15.0 Å². The summed E-state index contributed by atoms with van der Waals surface area (Å²) in [6, 6.07) is 8.48. The maximum atomic E-state index is 11.3. The van der Waals surface area contributed by atoms with E-state index < -0.39 is 5.97 Å². The van der Waals surface area contributed by atoms with Gasteiger partial charge in [-0.05, 0) is 30.2 Å². The van der Waals surface area contributed by atoms with Crippen LogP contribution in [0, 0.1) is 0 Å². The minimum absolute atomic E-state index is 0.205. The third-order valence-corrected chi connectivity index (χ3v) is 3.57. The van der Waals surface area contributed by atoms with E-state index in [1.165, 1.54) is 6.42 Å². The minimum Gasteiger partial charge on any atom is -0.508 e. The first-order valence-corrected chi connectivity index (χ1v) is 7.34. The van der Waals surface area contributed by atoms with Crippen molar-refractivity contribution in [2.75, 3.05) is 0 Å². The van der Waals surface area contributed by atoms with Crippen molar-refractivity contribution in [1.82, 2.24) is 4.57 Å². The fourth-order valence-electron chi connectivity index (χ4n) is 2.40. The van der Waals surface area contributed by atoms with E-state index in [1.807, 2.05) is 6.20 Å². The summed E-state index contributed by atoms with van der Waals surface area (Å²) in [6.45, 7) is 2.88. The van der Waals surface area contributed by atoms with Crippen LogP contribution in [0.15, 0.2) is 36.5 Å². The normalized spacial score (nSPS) is 10.7. The van der Waals surface area contributed by atoms with Crippen LogP contribution in [0.3, 0.4) is 0 Å². The second-order valence-corrected chi connectivity index (χ2v) is 5.22.